The Bertz CT molecular complexity index is 1410. The number of anilines is 3. The third-order valence-corrected chi connectivity index (χ3v) is 6.54. The molecular weight excluding hydrogens is 571 g/mol. The minimum absolute atomic E-state index is 0.0539. The van der Waals surface area contributed by atoms with E-state index in [0.29, 0.717) is 16.9 Å². The summed E-state index contributed by atoms with van der Waals surface area (Å²) < 4.78 is 9.83. The molecule has 0 aromatic heterocycles. The van der Waals surface area contributed by atoms with Crippen LogP contribution in [0.4, 0.5) is 21.9 Å². The van der Waals surface area contributed by atoms with Gasteiger partial charge in [0.2, 0.25) is 0 Å². The van der Waals surface area contributed by atoms with Gasteiger partial charge < -0.3 is 25.0 Å². The maximum atomic E-state index is 13.1. The highest BCUT2D eigenvalue weighted by molar-refractivity contribution is 6.39. The molecule has 0 saturated carbocycles. The number of esters is 1. The number of amides is 3. The molecule has 0 saturated heterocycles. The summed E-state index contributed by atoms with van der Waals surface area (Å²) in [5.41, 5.74) is 2.52. The average Bonchev–Trinajstić information content (AvgIpc) is 2.93. The van der Waals surface area contributed by atoms with Crippen molar-refractivity contribution in [1.29, 1.82) is 0 Å². The molecule has 12 heteroatoms. The Morgan fingerprint density at radius 2 is 1.56 bits per heavy atom. The number of methoxy groups -OCH3 is 1. The second-order valence-corrected chi connectivity index (χ2v) is 9.79. The van der Waals surface area contributed by atoms with Crippen molar-refractivity contribution in [3.8, 4) is 0 Å². The largest absolute Gasteiger partial charge is 0.467 e. The lowest BCUT2D eigenvalue weighted by Gasteiger charge is -2.18. The van der Waals surface area contributed by atoms with Crippen molar-refractivity contribution >= 4 is 64.1 Å². The zero-order valence-electron chi connectivity index (χ0n) is 22.9. The second-order valence-electron chi connectivity index (χ2n) is 8.97. The van der Waals surface area contributed by atoms with Crippen LogP contribution in [0.3, 0.4) is 0 Å². The van der Waals surface area contributed by atoms with Gasteiger partial charge in [-0.05, 0) is 55.0 Å². The predicted octanol–water partition coefficient (Wildman–Crippen LogP) is 5.39. The average molecular weight is 601 g/mol. The SMILES string of the molecule is CCOC(=O)Nc1cc(N(C)C)ccc1C(=O)Nc1ccc(C[C@H](NC(=O)c2c(Cl)cccc2Cl)C(=O)OC)cc1. The zero-order chi connectivity index (χ0) is 30.1. The number of nitrogens with zero attached hydrogens (tertiary/aromatic N) is 1. The fourth-order valence-electron chi connectivity index (χ4n) is 3.83. The molecule has 0 aliphatic rings. The van der Waals surface area contributed by atoms with Gasteiger partial charge in [0.05, 0.1) is 40.6 Å². The highest BCUT2D eigenvalue weighted by Gasteiger charge is 2.25. The third-order valence-electron chi connectivity index (χ3n) is 5.91. The van der Waals surface area contributed by atoms with Crippen molar-refractivity contribution in [2.24, 2.45) is 0 Å². The lowest BCUT2D eigenvalue weighted by atomic mass is 10.0. The van der Waals surface area contributed by atoms with E-state index >= 15 is 0 Å². The van der Waals surface area contributed by atoms with E-state index in [2.05, 4.69) is 16.0 Å². The Kier molecular flexibility index (Phi) is 11.0. The first-order chi connectivity index (χ1) is 19.5. The number of rotatable bonds is 10. The number of carbonyl (C=O) groups is 4. The molecule has 0 aliphatic carbocycles. The number of ether oxygens (including phenoxy) is 2. The van der Waals surface area contributed by atoms with Gasteiger partial charge in [0.25, 0.3) is 11.8 Å². The Morgan fingerprint density at radius 3 is 2.15 bits per heavy atom. The smallest absolute Gasteiger partial charge is 0.411 e. The topological polar surface area (TPSA) is 126 Å². The van der Waals surface area contributed by atoms with Crippen molar-refractivity contribution in [3.63, 3.8) is 0 Å². The number of hydrogen-bond acceptors (Lipinski definition) is 7. The maximum absolute atomic E-state index is 13.1. The number of nitrogens with one attached hydrogen (secondary N) is 3. The van der Waals surface area contributed by atoms with Crippen LogP contribution in [-0.2, 0) is 20.7 Å². The predicted molar refractivity (Wildman–Crippen MR) is 159 cm³/mol. The van der Waals surface area contributed by atoms with Crippen LogP contribution in [0.2, 0.25) is 10.0 Å². The fourth-order valence-corrected chi connectivity index (χ4v) is 4.40. The Morgan fingerprint density at radius 1 is 0.902 bits per heavy atom. The van der Waals surface area contributed by atoms with E-state index in [1.165, 1.54) is 19.2 Å². The highest BCUT2D eigenvalue weighted by Crippen LogP contribution is 2.26. The summed E-state index contributed by atoms with van der Waals surface area (Å²) in [6.45, 7) is 1.87. The van der Waals surface area contributed by atoms with Gasteiger partial charge in [-0.3, -0.25) is 14.9 Å². The van der Waals surface area contributed by atoms with E-state index < -0.39 is 29.9 Å². The maximum Gasteiger partial charge on any atom is 0.411 e. The summed E-state index contributed by atoms with van der Waals surface area (Å²) in [6.07, 6.45) is -0.570. The van der Waals surface area contributed by atoms with Gasteiger partial charge in [0.1, 0.15) is 6.04 Å². The van der Waals surface area contributed by atoms with Crippen LogP contribution in [0.1, 0.15) is 33.2 Å². The molecule has 0 spiro atoms. The summed E-state index contributed by atoms with van der Waals surface area (Å²) in [6, 6.07) is 15.4. The van der Waals surface area contributed by atoms with Crippen LogP contribution >= 0.6 is 23.2 Å². The lowest BCUT2D eigenvalue weighted by molar-refractivity contribution is -0.142. The molecular formula is C29H30Cl2N4O6. The van der Waals surface area contributed by atoms with E-state index in [-0.39, 0.29) is 34.2 Å². The van der Waals surface area contributed by atoms with E-state index in [1.807, 2.05) is 19.0 Å². The monoisotopic (exact) mass is 600 g/mol. The first-order valence-corrected chi connectivity index (χ1v) is 13.3. The molecule has 1 atom stereocenters. The molecule has 41 heavy (non-hydrogen) atoms. The molecule has 3 amide bonds. The molecule has 3 N–H and O–H groups in total. The van der Waals surface area contributed by atoms with Crippen molar-refractivity contribution < 1.29 is 28.7 Å². The van der Waals surface area contributed by atoms with Crippen molar-refractivity contribution in [1.82, 2.24) is 5.32 Å². The molecule has 0 radical (unpaired) electrons. The van der Waals surface area contributed by atoms with Crippen LogP contribution in [0.25, 0.3) is 0 Å². The van der Waals surface area contributed by atoms with Gasteiger partial charge >= 0.3 is 12.1 Å². The Hall–Kier alpha value is -4.28. The standard InChI is InChI=1S/C29H30Cl2N4O6/c1-5-41-29(39)34-23-16-19(35(2)3)13-14-20(23)26(36)32-18-11-9-17(10-12-18)15-24(28(38)40-4)33-27(37)25-21(30)7-6-8-22(25)31/h6-14,16,24H,5,15H2,1-4H3,(H,32,36)(H,33,37)(H,34,39)/t24-/m0/s1. The molecule has 0 fully saturated rings. The number of benzene rings is 3. The summed E-state index contributed by atoms with van der Waals surface area (Å²) in [5, 5.41) is 8.33. The quantitative estimate of drug-likeness (QED) is 0.266. The Labute approximate surface area is 247 Å². The molecule has 3 aromatic rings. The molecule has 3 aromatic carbocycles. The molecule has 0 bridgehead atoms. The highest BCUT2D eigenvalue weighted by atomic mass is 35.5. The summed E-state index contributed by atoms with van der Waals surface area (Å²) in [5.74, 6) is -1.72. The summed E-state index contributed by atoms with van der Waals surface area (Å²) >= 11 is 12.3. The van der Waals surface area contributed by atoms with Gasteiger partial charge in [-0.25, -0.2) is 9.59 Å². The third kappa shape index (κ3) is 8.36. The first-order valence-electron chi connectivity index (χ1n) is 12.5. The Balaban J connectivity index is 1.75. The van der Waals surface area contributed by atoms with Crippen LogP contribution in [0.5, 0.6) is 0 Å². The number of carbonyl (C=O) groups excluding carboxylic acids is 4. The van der Waals surface area contributed by atoms with Crippen LogP contribution in [-0.4, -0.2) is 57.7 Å². The van der Waals surface area contributed by atoms with E-state index in [9.17, 15) is 19.2 Å². The molecule has 216 valence electrons. The van der Waals surface area contributed by atoms with Gasteiger partial charge in [-0.15, -0.1) is 0 Å². The molecule has 3 rings (SSSR count). The fraction of sp³-hybridized carbons (Fsp3) is 0.241. The van der Waals surface area contributed by atoms with E-state index in [0.717, 1.165) is 5.69 Å². The normalized spacial score (nSPS) is 11.2. The minimum Gasteiger partial charge on any atom is -0.467 e. The summed E-state index contributed by atoms with van der Waals surface area (Å²) in [4.78, 5) is 52.3. The van der Waals surface area contributed by atoms with Crippen molar-refractivity contribution in [2.45, 2.75) is 19.4 Å². The van der Waals surface area contributed by atoms with Crippen molar-refractivity contribution in [3.05, 3.63) is 87.4 Å². The van der Waals surface area contributed by atoms with E-state index in [4.69, 9.17) is 32.7 Å². The van der Waals surface area contributed by atoms with Crippen LogP contribution < -0.4 is 20.9 Å². The van der Waals surface area contributed by atoms with Gasteiger partial charge in [-0.1, -0.05) is 41.4 Å². The van der Waals surface area contributed by atoms with Gasteiger partial charge in [-0.2, -0.15) is 0 Å². The molecule has 10 nitrogen and oxygen atoms in total. The van der Waals surface area contributed by atoms with Crippen LogP contribution in [0.15, 0.2) is 60.7 Å². The van der Waals surface area contributed by atoms with E-state index in [1.54, 1.807) is 55.5 Å². The minimum atomic E-state index is -1.02. The number of hydrogen-bond donors (Lipinski definition) is 3. The van der Waals surface area contributed by atoms with Gasteiger partial charge in [0.15, 0.2) is 0 Å². The van der Waals surface area contributed by atoms with Crippen LogP contribution in [0, 0.1) is 0 Å². The molecule has 0 aliphatic heterocycles. The van der Waals surface area contributed by atoms with Crippen molar-refractivity contribution in [2.75, 3.05) is 43.3 Å². The number of halogens is 2. The molecule has 0 heterocycles. The molecule has 0 unspecified atom stereocenters. The first kappa shape index (κ1) is 31.3. The van der Waals surface area contributed by atoms with Gasteiger partial charge in [0, 0.05) is 31.9 Å². The zero-order valence-corrected chi connectivity index (χ0v) is 24.4. The lowest BCUT2D eigenvalue weighted by Crippen LogP contribution is -2.43. The summed E-state index contributed by atoms with van der Waals surface area (Å²) in [7, 11) is 4.90. The second kappa shape index (κ2) is 14.4.